The van der Waals surface area contributed by atoms with Crippen LogP contribution in [-0.4, -0.2) is 47.5 Å². The highest BCUT2D eigenvalue weighted by atomic mass is 16.5. The van der Waals surface area contributed by atoms with E-state index in [0.29, 0.717) is 30.9 Å². The van der Waals surface area contributed by atoms with Gasteiger partial charge >= 0.3 is 5.97 Å². The molecule has 0 radical (unpaired) electrons. The van der Waals surface area contributed by atoms with Crippen LogP contribution in [0.25, 0.3) is 0 Å². The molecule has 1 N–H and O–H groups in total. The lowest BCUT2D eigenvalue weighted by atomic mass is 10.1. The predicted octanol–water partition coefficient (Wildman–Crippen LogP) is 1.82. The van der Waals surface area contributed by atoms with E-state index in [0.717, 1.165) is 13.0 Å². The Labute approximate surface area is 118 Å². The summed E-state index contributed by atoms with van der Waals surface area (Å²) in [7, 11) is 0. The number of hydrogen-bond acceptors (Lipinski definition) is 4. The van der Waals surface area contributed by atoms with E-state index in [4.69, 9.17) is 9.84 Å². The number of carbonyl (C=O) groups is 2. The van der Waals surface area contributed by atoms with Crippen LogP contribution in [0.1, 0.15) is 30.1 Å². The Morgan fingerprint density at radius 3 is 2.85 bits per heavy atom. The maximum Gasteiger partial charge on any atom is 0.320 e. The van der Waals surface area contributed by atoms with Crippen molar-refractivity contribution in [3.05, 3.63) is 29.8 Å². The van der Waals surface area contributed by atoms with Crippen molar-refractivity contribution < 1.29 is 19.4 Å². The number of benzene rings is 1. The lowest BCUT2D eigenvalue weighted by Crippen LogP contribution is -2.38. The number of carboxylic acids is 1. The molecule has 1 aromatic rings. The van der Waals surface area contributed by atoms with Crippen LogP contribution in [0.2, 0.25) is 0 Å². The molecule has 1 saturated heterocycles. The molecular formula is C15H19NO4. The summed E-state index contributed by atoms with van der Waals surface area (Å²) in [6.45, 7) is 3.23. The first-order valence-electron chi connectivity index (χ1n) is 6.79. The number of carboxylic acid groups (broad SMARTS) is 1. The van der Waals surface area contributed by atoms with Gasteiger partial charge in [-0.1, -0.05) is 12.1 Å². The van der Waals surface area contributed by atoms with Gasteiger partial charge in [0.2, 0.25) is 0 Å². The topological polar surface area (TPSA) is 66.8 Å². The number of rotatable bonds is 6. The smallest absolute Gasteiger partial charge is 0.320 e. The zero-order chi connectivity index (χ0) is 14.5. The third-order valence-corrected chi connectivity index (χ3v) is 3.55. The van der Waals surface area contributed by atoms with Gasteiger partial charge in [-0.15, -0.1) is 0 Å². The van der Waals surface area contributed by atoms with Crippen LogP contribution in [0.5, 0.6) is 5.75 Å². The average Bonchev–Trinajstić information content (AvgIpc) is 2.87. The number of para-hydroxylation sites is 1. The van der Waals surface area contributed by atoms with Gasteiger partial charge in [0, 0.05) is 6.54 Å². The SMILES string of the molecule is CC(=O)c1ccccc1OCCN1CCCC1C(=O)O. The number of Topliss-reactive ketones (excluding diaryl/α,β-unsaturated/α-hetero) is 1. The fourth-order valence-corrected chi connectivity index (χ4v) is 2.53. The summed E-state index contributed by atoms with van der Waals surface area (Å²) in [6.07, 6.45) is 1.60. The minimum absolute atomic E-state index is 0.0369. The van der Waals surface area contributed by atoms with Crippen LogP contribution < -0.4 is 4.74 Å². The van der Waals surface area contributed by atoms with Crippen molar-refractivity contribution in [2.75, 3.05) is 19.7 Å². The van der Waals surface area contributed by atoms with Gasteiger partial charge in [0.25, 0.3) is 0 Å². The summed E-state index contributed by atoms with van der Waals surface area (Å²) in [5.41, 5.74) is 0.559. The lowest BCUT2D eigenvalue weighted by molar-refractivity contribution is -0.142. The average molecular weight is 277 g/mol. The summed E-state index contributed by atoms with van der Waals surface area (Å²) < 4.78 is 5.63. The van der Waals surface area contributed by atoms with Gasteiger partial charge in [-0.25, -0.2) is 0 Å². The molecule has 0 amide bonds. The molecule has 5 heteroatoms. The third-order valence-electron chi connectivity index (χ3n) is 3.55. The van der Waals surface area contributed by atoms with Crippen LogP contribution in [0.4, 0.5) is 0 Å². The van der Waals surface area contributed by atoms with Gasteiger partial charge in [-0.2, -0.15) is 0 Å². The molecule has 5 nitrogen and oxygen atoms in total. The molecule has 20 heavy (non-hydrogen) atoms. The standard InChI is InChI=1S/C15H19NO4/c1-11(17)12-5-2-3-7-14(12)20-10-9-16-8-4-6-13(16)15(18)19/h2-3,5,7,13H,4,6,8-10H2,1H3,(H,18,19). The molecule has 108 valence electrons. The number of nitrogens with zero attached hydrogens (tertiary/aromatic N) is 1. The van der Waals surface area contributed by atoms with E-state index >= 15 is 0 Å². The fourth-order valence-electron chi connectivity index (χ4n) is 2.53. The first kappa shape index (κ1) is 14.5. The molecule has 1 aliphatic heterocycles. The minimum atomic E-state index is -0.772. The molecule has 0 spiro atoms. The predicted molar refractivity (Wildman–Crippen MR) is 74.2 cm³/mol. The number of aliphatic carboxylic acids is 1. The molecular weight excluding hydrogens is 258 g/mol. The number of carbonyl (C=O) groups excluding carboxylic acids is 1. The van der Waals surface area contributed by atoms with E-state index in [1.54, 1.807) is 18.2 Å². The summed E-state index contributed by atoms with van der Waals surface area (Å²) in [5.74, 6) is -0.247. The van der Waals surface area contributed by atoms with E-state index in [1.165, 1.54) is 6.92 Å². The Morgan fingerprint density at radius 2 is 2.15 bits per heavy atom. The van der Waals surface area contributed by atoms with Gasteiger partial charge in [0.05, 0.1) is 5.56 Å². The van der Waals surface area contributed by atoms with Crippen molar-refractivity contribution in [2.45, 2.75) is 25.8 Å². The molecule has 1 unspecified atom stereocenters. The van der Waals surface area contributed by atoms with E-state index < -0.39 is 12.0 Å². The van der Waals surface area contributed by atoms with Crippen molar-refractivity contribution in [2.24, 2.45) is 0 Å². The molecule has 0 aromatic heterocycles. The van der Waals surface area contributed by atoms with E-state index in [2.05, 4.69) is 0 Å². The zero-order valence-electron chi connectivity index (χ0n) is 11.5. The summed E-state index contributed by atoms with van der Waals surface area (Å²) in [6, 6.07) is 6.70. The second kappa shape index (κ2) is 6.52. The largest absolute Gasteiger partial charge is 0.491 e. The highest BCUT2D eigenvalue weighted by molar-refractivity contribution is 5.96. The molecule has 1 aliphatic rings. The van der Waals surface area contributed by atoms with Gasteiger partial charge in [-0.3, -0.25) is 14.5 Å². The van der Waals surface area contributed by atoms with Gasteiger partial charge in [0.15, 0.2) is 5.78 Å². The third kappa shape index (κ3) is 3.36. The van der Waals surface area contributed by atoms with Gasteiger partial charge < -0.3 is 9.84 Å². The zero-order valence-corrected chi connectivity index (χ0v) is 11.5. The number of hydrogen-bond donors (Lipinski definition) is 1. The van der Waals surface area contributed by atoms with Gasteiger partial charge in [0.1, 0.15) is 18.4 Å². The van der Waals surface area contributed by atoms with Gasteiger partial charge in [-0.05, 0) is 38.4 Å². The second-order valence-corrected chi connectivity index (χ2v) is 4.93. The van der Waals surface area contributed by atoms with Crippen molar-refractivity contribution >= 4 is 11.8 Å². The van der Waals surface area contributed by atoms with E-state index in [-0.39, 0.29) is 5.78 Å². The van der Waals surface area contributed by atoms with Crippen molar-refractivity contribution in [3.63, 3.8) is 0 Å². The van der Waals surface area contributed by atoms with Crippen LogP contribution in [-0.2, 0) is 4.79 Å². The molecule has 0 saturated carbocycles. The summed E-state index contributed by atoms with van der Waals surface area (Å²) in [5, 5.41) is 9.09. The van der Waals surface area contributed by atoms with E-state index in [1.807, 2.05) is 11.0 Å². The Morgan fingerprint density at radius 1 is 1.40 bits per heavy atom. The summed E-state index contributed by atoms with van der Waals surface area (Å²) >= 11 is 0. The van der Waals surface area contributed by atoms with Crippen LogP contribution in [0.3, 0.4) is 0 Å². The second-order valence-electron chi connectivity index (χ2n) is 4.93. The molecule has 0 aliphatic carbocycles. The van der Waals surface area contributed by atoms with Crippen molar-refractivity contribution in [3.8, 4) is 5.75 Å². The first-order valence-corrected chi connectivity index (χ1v) is 6.79. The Bertz CT molecular complexity index is 500. The Hall–Kier alpha value is -1.88. The maximum atomic E-state index is 11.5. The molecule has 2 rings (SSSR count). The molecule has 1 heterocycles. The van der Waals surface area contributed by atoms with Crippen molar-refractivity contribution in [1.29, 1.82) is 0 Å². The first-order chi connectivity index (χ1) is 9.59. The van der Waals surface area contributed by atoms with Crippen LogP contribution >= 0.6 is 0 Å². The molecule has 0 bridgehead atoms. The number of ether oxygens (including phenoxy) is 1. The Kier molecular flexibility index (Phi) is 4.74. The number of likely N-dealkylation sites (tertiary alicyclic amines) is 1. The Balaban J connectivity index is 1.90. The lowest BCUT2D eigenvalue weighted by Gasteiger charge is -2.21. The highest BCUT2D eigenvalue weighted by Gasteiger charge is 2.29. The quantitative estimate of drug-likeness (QED) is 0.803. The molecule has 1 fully saturated rings. The molecule has 1 aromatic carbocycles. The minimum Gasteiger partial charge on any atom is -0.491 e. The van der Waals surface area contributed by atoms with Crippen molar-refractivity contribution in [1.82, 2.24) is 4.90 Å². The number of ketones is 1. The van der Waals surface area contributed by atoms with Crippen LogP contribution in [0.15, 0.2) is 24.3 Å². The van der Waals surface area contributed by atoms with E-state index in [9.17, 15) is 9.59 Å². The summed E-state index contributed by atoms with van der Waals surface area (Å²) in [4.78, 5) is 24.4. The van der Waals surface area contributed by atoms with Crippen LogP contribution in [0, 0.1) is 0 Å². The molecule has 1 atom stereocenters. The monoisotopic (exact) mass is 277 g/mol. The normalized spacial score (nSPS) is 18.9. The maximum absolute atomic E-state index is 11.5. The fraction of sp³-hybridized carbons (Fsp3) is 0.467. The highest BCUT2D eigenvalue weighted by Crippen LogP contribution is 2.20.